The molecule has 3 rings (SSSR count). The molecule has 0 amide bonds. The summed E-state index contributed by atoms with van der Waals surface area (Å²) in [5.41, 5.74) is 4.37. The number of carbonyl (C=O) groups is 1. The van der Waals surface area contributed by atoms with Gasteiger partial charge >= 0.3 is 5.97 Å². The first-order valence-corrected chi connectivity index (χ1v) is 7.12. The lowest BCUT2D eigenvalue weighted by atomic mass is 9.94. The van der Waals surface area contributed by atoms with Crippen LogP contribution in [-0.4, -0.2) is 20.2 Å². The molecule has 0 saturated heterocycles. The number of fused-ring (bicyclic) bond motifs is 2. The summed E-state index contributed by atoms with van der Waals surface area (Å²) in [6.07, 6.45) is -0.267. The largest absolute Gasteiger partial charge is 0.488 e. The van der Waals surface area contributed by atoms with E-state index >= 15 is 0 Å². The van der Waals surface area contributed by atoms with Crippen LogP contribution in [0.15, 0.2) is 36.4 Å². The number of methoxy groups -OCH3 is 2. The van der Waals surface area contributed by atoms with E-state index in [1.807, 2.05) is 37.3 Å². The highest BCUT2D eigenvalue weighted by Gasteiger charge is 2.28. The Kier molecular flexibility index (Phi) is 3.86. The third kappa shape index (κ3) is 2.35. The second-order valence-electron chi connectivity index (χ2n) is 5.33. The van der Waals surface area contributed by atoms with Crippen LogP contribution >= 0.6 is 0 Å². The minimum absolute atomic E-state index is 0.267. The first-order valence-electron chi connectivity index (χ1n) is 7.12. The van der Waals surface area contributed by atoms with Crippen molar-refractivity contribution in [2.45, 2.75) is 19.6 Å². The predicted molar refractivity (Wildman–Crippen MR) is 82.1 cm³/mol. The molecule has 4 heteroatoms. The molecule has 22 heavy (non-hydrogen) atoms. The summed E-state index contributed by atoms with van der Waals surface area (Å²) in [7, 11) is 3.03. The second-order valence-corrected chi connectivity index (χ2v) is 5.33. The van der Waals surface area contributed by atoms with Gasteiger partial charge in [-0.15, -0.1) is 0 Å². The average Bonchev–Trinajstić information content (AvgIpc) is 2.69. The Balaban J connectivity index is 2.23. The molecule has 1 unspecified atom stereocenters. The fourth-order valence-electron chi connectivity index (χ4n) is 2.91. The van der Waals surface area contributed by atoms with Gasteiger partial charge in [0.25, 0.3) is 0 Å². The molecule has 0 bridgehead atoms. The summed E-state index contributed by atoms with van der Waals surface area (Å²) in [6.45, 7) is 2.34. The Morgan fingerprint density at radius 2 is 1.95 bits per heavy atom. The van der Waals surface area contributed by atoms with Crippen molar-refractivity contribution in [2.24, 2.45) is 0 Å². The van der Waals surface area contributed by atoms with Gasteiger partial charge in [-0.3, -0.25) is 0 Å². The molecule has 114 valence electrons. The minimum Gasteiger partial charge on any atom is -0.488 e. The fourth-order valence-corrected chi connectivity index (χ4v) is 2.91. The van der Waals surface area contributed by atoms with Crippen molar-refractivity contribution in [1.82, 2.24) is 0 Å². The first kappa shape index (κ1) is 14.6. The molecule has 1 aliphatic heterocycles. The lowest BCUT2D eigenvalue weighted by molar-refractivity contribution is 0.0594. The summed E-state index contributed by atoms with van der Waals surface area (Å²) >= 11 is 0. The van der Waals surface area contributed by atoms with Crippen LogP contribution in [0.25, 0.3) is 0 Å². The molecule has 1 heterocycles. The zero-order valence-corrected chi connectivity index (χ0v) is 12.9. The Morgan fingerprint density at radius 1 is 1.18 bits per heavy atom. The van der Waals surface area contributed by atoms with Crippen molar-refractivity contribution in [1.29, 1.82) is 0 Å². The van der Waals surface area contributed by atoms with Crippen LogP contribution in [-0.2, 0) is 16.1 Å². The number of hydrogen-bond acceptors (Lipinski definition) is 4. The summed E-state index contributed by atoms with van der Waals surface area (Å²) in [6, 6.07) is 11.8. The van der Waals surface area contributed by atoms with E-state index in [0.717, 1.165) is 22.3 Å². The third-order valence-corrected chi connectivity index (χ3v) is 3.90. The Hall–Kier alpha value is -2.33. The molecule has 0 N–H and O–H groups in total. The van der Waals surface area contributed by atoms with E-state index in [1.54, 1.807) is 13.2 Å². The van der Waals surface area contributed by atoms with Gasteiger partial charge in [-0.25, -0.2) is 4.79 Å². The van der Waals surface area contributed by atoms with Crippen molar-refractivity contribution in [3.8, 4) is 5.75 Å². The van der Waals surface area contributed by atoms with Gasteiger partial charge < -0.3 is 14.2 Å². The zero-order valence-electron chi connectivity index (χ0n) is 12.9. The van der Waals surface area contributed by atoms with Gasteiger partial charge in [-0.2, -0.15) is 0 Å². The van der Waals surface area contributed by atoms with Gasteiger partial charge in [-0.05, 0) is 35.7 Å². The maximum absolute atomic E-state index is 12.1. The first-order chi connectivity index (χ1) is 10.7. The van der Waals surface area contributed by atoms with Crippen molar-refractivity contribution in [3.63, 3.8) is 0 Å². The van der Waals surface area contributed by atoms with E-state index in [1.165, 1.54) is 7.11 Å². The number of ether oxygens (including phenoxy) is 3. The smallest absolute Gasteiger partial charge is 0.341 e. The fraction of sp³-hybridized carbons (Fsp3) is 0.278. The van der Waals surface area contributed by atoms with E-state index in [2.05, 4.69) is 0 Å². The van der Waals surface area contributed by atoms with Crippen LogP contribution < -0.4 is 4.74 Å². The molecule has 0 fully saturated rings. The minimum atomic E-state index is -0.402. The summed E-state index contributed by atoms with van der Waals surface area (Å²) < 4.78 is 16.5. The van der Waals surface area contributed by atoms with E-state index in [-0.39, 0.29) is 6.10 Å². The number of hydrogen-bond donors (Lipinski definition) is 0. The van der Waals surface area contributed by atoms with E-state index in [4.69, 9.17) is 14.2 Å². The lowest BCUT2D eigenvalue weighted by Crippen LogP contribution is -2.09. The molecule has 4 nitrogen and oxygen atoms in total. The molecule has 0 radical (unpaired) electrons. The van der Waals surface area contributed by atoms with Crippen LogP contribution in [0.5, 0.6) is 5.75 Å². The third-order valence-electron chi connectivity index (χ3n) is 3.90. The zero-order chi connectivity index (χ0) is 15.7. The number of rotatable bonds is 2. The van der Waals surface area contributed by atoms with Gasteiger partial charge in [0.1, 0.15) is 24.0 Å². The molecule has 2 aromatic carbocycles. The molecular formula is C18H18O4. The van der Waals surface area contributed by atoms with Crippen molar-refractivity contribution in [2.75, 3.05) is 14.2 Å². The van der Waals surface area contributed by atoms with Crippen LogP contribution in [0.4, 0.5) is 0 Å². The Labute approximate surface area is 129 Å². The Morgan fingerprint density at radius 3 is 2.68 bits per heavy atom. The highest BCUT2D eigenvalue weighted by molar-refractivity contribution is 5.93. The van der Waals surface area contributed by atoms with Gasteiger partial charge in [0.05, 0.1) is 7.11 Å². The maximum Gasteiger partial charge on any atom is 0.341 e. The van der Waals surface area contributed by atoms with Crippen LogP contribution in [0.1, 0.15) is 38.7 Å². The van der Waals surface area contributed by atoms with E-state index < -0.39 is 5.97 Å². The van der Waals surface area contributed by atoms with Gasteiger partial charge in [-0.1, -0.05) is 24.3 Å². The van der Waals surface area contributed by atoms with E-state index in [0.29, 0.717) is 17.9 Å². The quantitative estimate of drug-likeness (QED) is 0.797. The van der Waals surface area contributed by atoms with Crippen molar-refractivity contribution >= 4 is 5.97 Å². The molecule has 1 aliphatic rings. The molecule has 0 spiro atoms. The molecule has 1 atom stereocenters. The maximum atomic E-state index is 12.1. The Bertz CT molecular complexity index is 721. The number of esters is 1. The lowest BCUT2D eigenvalue weighted by Gasteiger charge is -2.19. The summed E-state index contributed by atoms with van der Waals surface area (Å²) in [5, 5.41) is 0. The summed E-state index contributed by atoms with van der Waals surface area (Å²) in [5.74, 6) is 0.140. The van der Waals surface area contributed by atoms with Crippen LogP contribution in [0.3, 0.4) is 0 Å². The predicted octanol–water partition coefficient (Wildman–Crippen LogP) is 3.41. The monoisotopic (exact) mass is 298 g/mol. The average molecular weight is 298 g/mol. The highest BCUT2D eigenvalue weighted by atomic mass is 16.5. The topological polar surface area (TPSA) is 44.8 Å². The molecular weight excluding hydrogens is 280 g/mol. The molecule has 0 saturated carbocycles. The number of benzene rings is 2. The molecule has 0 aliphatic carbocycles. The molecule has 0 aromatic heterocycles. The SMILES string of the molecule is COC(=O)c1cc(C)cc2c1OCc1ccccc1C2OC. The normalized spacial score (nSPS) is 16.0. The van der Waals surface area contributed by atoms with E-state index in [9.17, 15) is 4.79 Å². The second kappa shape index (κ2) is 5.81. The van der Waals surface area contributed by atoms with Crippen molar-refractivity contribution in [3.05, 3.63) is 64.2 Å². The highest BCUT2D eigenvalue weighted by Crippen LogP contribution is 2.40. The van der Waals surface area contributed by atoms with Crippen molar-refractivity contribution < 1.29 is 19.0 Å². The van der Waals surface area contributed by atoms with Gasteiger partial charge in [0.2, 0.25) is 0 Å². The van der Waals surface area contributed by atoms with Gasteiger partial charge in [0.15, 0.2) is 0 Å². The number of carbonyl (C=O) groups excluding carboxylic acids is 1. The van der Waals surface area contributed by atoms with Crippen LogP contribution in [0.2, 0.25) is 0 Å². The standard InChI is InChI=1S/C18H18O4/c1-11-8-14-16(20-2)13-7-5-4-6-12(13)10-22-17(14)15(9-11)18(19)21-3/h4-9,16H,10H2,1-3H3. The number of aryl methyl sites for hydroxylation is 1. The summed E-state index contributed by atoms with van der Waals surface area (Å²) in [4.78, 5) is 12.1. The van der Waals surface area contributed by atoms with Crippen LogP contribution in [0, 0.1) is 6.92 Å². The molecule has 2 aromatic rings. The van der Waals surface area contributed by atoms with Gasteiger partial charge in [0, 0.05) is 12.7 Å².